The highest BCUT2D eigenvalue weighted by Crippen LogP contribution is 2.29. The van der Waals surface area contributed by atoms with Gasteiger partial charge in [0.2, 0.25) is 5.91 Å². The largest absolute Gasteiger partial charge is 0.424 e. The quantitative estimate of drug-likeness (QED) is 0.707. The van der Waals surface area contributed by atoms with Crippen molar-refractivity contribution in [1.29, 1.82) is 0 Å². The summed E-state index contributed by atoms with van der Waals surface area (Å²) in [5, 5.41) is 10.5. The third-order valence-electron chi connectivity index (χ3n) is 4.81. The molecule has 8 nitrogen and oxygen atoms in total. The lowest BCUT2D eigenvalue weighted by atomic mass is 9.90. The van der Waals surface area contributed by atoms with Crippen molar-refractivity contribution >= 4 is 11.6 Å². The van der Waals surface area contributed by atoms with Crippen molar-refractivity contribution in [2.45, 2.75) is 12.8 Å². The molecule has 1 saturated heterocycles. The molecule has 1 aromatic carbocycles. The molecule has 0 saturated carbocycles. The number of nitrogens with one attached hydrogen (secondary N) is 2. The van der Waals surface area contributed by atoms with Crippen molar-refractivity contribution < 1.29 is 9.53 Å². The highest BCUT2D eigenvalue weighted by molar-refractivity contribution is 5.93. The zero-order valence-corrected chi connectivity index (χ0v) is 15.8. The Bertz CT molecular complexity index is 969. The van der Waals surface area contributed by atoms with Crippen molar-refractivity contribution in [3.63, 3.8) is 0 Å². The van der Waals surface area contributed by atoms with Crippen LogP contribution in [-0.4, -0.2) is 38.7 Å². The first-order valence-electron chi connectivity index (χ1n) is 9.16. The molecule has 2 N–H and O–H groups in total. The highest BCUT2D eigenvalue weighted by atomic mass is 16.5. The summed E-state index contributed by atoms with van der Waals surface area (Å²) >= 11 is 0. The third-order valence-corrected chi connectivity index (χ3v) is 4.81. The molecule has 2 aromatic heterocycles. The fraction of sp³-hybridized carbons (Fsp3) is 0.300. The van der Waals surface area contributed by atoms with E-state index in [0.717, 1.165) is 23.5 Å². The van der Waals surface area contributed by atoms with E-state index in [9.17, 15) is 4.79 Å². The Morgan fingerprint density at radius 1 is 1.25 bits per heavy atom. The average molecular weight is 378 g/mol. The maximum absolute atomic E-state index is 12.8. The predicted octanol–water partition coefficient (Wildman–Crippen LogP) is 2.25. The van der Waals surface area contributed by atoms with E-state index in [-0.39, 0.29) is 17.7 Å². The topological polar surface area (TPSA) is 94.0 Å². The Hall–Kier alpha value is -3.26. The van der Waals surface area contributed by atoms with Crippen LogP contribution < -0.4 is 15.4 Å². The lowest BCUT2D eigenvalue weighted by molar-refractivity contribution is -0.119. The third kappa shape index (κ3) is 4.01. The molecular formula is C20H22N6O2. The van der Waals surface area contributed by atoms with Gasteiger partial charge < -0.3 is 15.4 Å². The molecule has 0 unspecified atom stereocenters. The van der Waals surface area contributed by atoms with Gasteiger partial charge in [-0.2, -0.15) is 5.10 Å². The molecule has 2 atom stereocenters. The number of anilines is 1. The van der Waals surface area contributed by atoms with Gasteiger partial charge in [0, 0.05) is 49.8 Å². The number of ether oxygens (including phenoxy) is 1. The first-order valence-corrected chi connectivity index (χ1v) is 9.16. The van der Waals surface area contributed by atoms with Crippen LogP contribution in [0.25, 0.3) is 0 Å². The zero-order chi connectivity index (χ0) is 19.5. The normalized spacial score (nSPS) is 18.8. The Labute approximate surface area is 163 Å². The van der Waals surface area contributed by atoms with Crippen molar-refractivity contribution in [1.82, 2.24) is 25.1 Å². The lowest BCUT2D eigenvalue weighted by Crippen LogP contribution is -2.28. The number of hydrogen-bond donors (Lipinski definition) is 2. The molecule has 28 heavy (non-hydrogen) atoms. The summed E-state index contributed by atoms with van der Waals surface area (Å²) in [7, 11) is 1.88. The van der Waals surface area contributed by atoms with Crippen LogP contribution in [0.3, 0.4) is 0 Å². The van der Waals surface area contributed by atoms with Crippen LogP contribution in [-0.2, 0) is 11.8 Å². The molecule has 3 heterocycles. The Morgan fingerprint density at radius 3 is 2.79 bits per heavy atom. The molecule has 144 valence electrons. The van der Waals surface area contributed by atoms with E-state index in [0.29, 0.717) is 18.3 Å². The number of carbonyl (C=O) groups excluding carboxylic acids is 1. The monoisotopic (exact) mass is 378 g/mol. The summed E-state index contributed by atoms with van der Waals surface area (Å²) in [4.78, 5) is 21.1. The summed E-state index contributed by atoms with van der Waals surface area (Å²) in [6.07, 6.45) is 5.45. The van der Waals surface area contributed by atoms with Gasteiger partial charge in [-0.3, -0.25) is 9.48 Å². The lowest BCUT2D eigenvalue weighted by Gasteiger charge is -2.17. The van der Waals surface area contributed by atoms with Gasteiger partial charge in [-0.25, -0.2) is 9.97 Å². The molecule has 0 radical (unpaired) electrons. The Balaban J connectivity index is 1.40. The molecule has 8 heteroatoms. The average Bonchev–Trinajstić information content (AvgIpc) is 3.32. The van der Waals surface area contributed by atoms with Gasteiger partial charge in [0.1, 0.15) is 5.75 Å². The zero-order valence-electron chi connectivity index (χ0n) is 15.8. The Morgan fingerprint density at radius 2 is 2.07 bits per heavy atom. The van der Waals surface area contributed by atoms with E-state index >= 15 is 0 Å². The molecule has 0 bridgehead atoms. The summed E-state index contributed by atoms with van der Waals surface area (Å²) in [5.74, 6) is 0.588. The van der Waals surface area contributed by atoms with Crippen molar-refractivity contribution in [3.05, 3.63) is 60.2 Å². The van der Waals surface area contributed by atoms with Crippen molar-refractivity contribution in [3.8, 4) is 11.8 Å². The van der Waals surface area contributed by atoms with E-state index in [4.69, 9.17) is 4.74 Å². The van der Waals surface area contributed by atoms with Crippen LogP contribution in [0.1, 0.15) is 17.2 Å². The molecule has 1 aliphatic heterocycles. The van der Waals surface area contributed by atoms with Gasteiger partial charge in [0.25, 0.3) is 0 Å². The van der Waals surface area contributed by atoms with Crippen LogP contribution in [0, 0.1) is 12.8 Å². The molecule has 0 spiro atoms. The summed E-state index contributed by atoms with van der Waals surface area (Å²) < 4.78 is 7.41. The number of hydrogen-bond acceptors (Lipinski definition) is 6. The van der Waals surface area contributed by atoms with Crippen LogP contribution in [0.5, 0.6) is 11.8 Å². The Kier molecular flexibility index (Phi) is 5.03. The van der Waals surface area contributed by atoms with Gasteiger partial charge >= 0.3 is 6.01 Å². The number of benzene rings is 1. The molecule has 1 fully saturated rings. The van der Waals surface area contributed by atoms with Crippen LogP contribution >= 0.6 is 0 Å². The van der Waals surface area contributed by atoms with E-state index in [2.05, 4.69) is 25.7 Å². The summed E-state index contributed by atoms with van der Waals surface area (Å²) in [6.45, 7) is 3.30. The first kappa shape index (κ1) is 18.1. The van der Waals surface area contributed by atoms with E-state index < -0.39 is 0 Å². The second-order valence-electron chi connectivity index (χ2n) is 6.91. The fourth-order valence-corrected chi connectivity index (χ4v) is 3.36. The smallest absolute Gasteiger partial charge is 0.322 e. The number of nitrogens with zero attached hydrogens (tertiary/aromatic N) is 4. The van der Waals surface area contributed by atoms with Crippen LogP contribution in [0.4, 0.5) is 5.69 Å². The molecule has 3 aromatic rings. The molecule has 0 aliphatic carbocycles. The van der Waals surface area contributed by atoms with Gasteiger partial charge in [-0.15, -0.1) is 0 Å². The minimum absolute atomic E-state index is 0.00506. The number of amides is 1. The predicted molar refractivity (Wildman–Crippen MR) is 104 cm³/mol. The molecular weight excluding hydrogens is 356 g/mol. The second kappa shape index (κ2) is 7.77. The number of carbonyl (C=O) groups is 1. The van der Waals surface area contributed by atoms with Crippen molar-refractivity contribution in [2.75, 3.05) is 18.4 Å². The minimum Gasteiger partial charge on any atom is -0.424 e. The number of rotatable bonds is 5. The maximum atomic E-state index is 12.8. The van der Waals surface area contributed by atoms with Crippen molar-refractivity contribution in [2.24, 2.45) is 13.0 Å². The molecule has 4 rings (SSSR count). The van der Waals surface area contributed by atoms with E-state index in [1.54, 1.807) is 23.0 Å². The highest BCUT2D eigenvalue weighted by Gasteiger charge is 2.34. The molecule has 1 aliphatic rings. The van der Waals surface area contributed by atoms with E-state index in [1.807, 2.05) is 44.6 Å². The standard InChI is InChI=1S/C20H22N6O2/c1-13-7-8-22-20(24-13)28-16-5-3-15(4-6-16)25-19(27)18-11-21-10-17(18)14-9-23-26(2)12-14/h3-9,12,17-18,21H,10-11H2,1-2H3,(H,25,27)/t17-,18+/m1/s1. The number of aromatic nitrogens is 4. The van der Waals surface area contributed by atoms with Gasteiger partial charge in [0.15, 0.2) is 0 Å². The number of aryl methyl sites for hydroxylation is 2. The maximum Gasteiger partial charge on any atom is 0.322 e. The van der Waals surface area contributed by atoms with E-state index in [1.165, 1.54) is 0 Å². The minimum atomic E-state index is -0.138. The second-order valence-corrected chi connectivity index (χ2v) is 6.91. The van der Waals surface area contributed by atoms with Gasteiger partial charge in [-0.1, -0.05) is 0 Å². The van der Waals surface area contributed by atoms with Gasteiger partial charge in [0.05, 0.1) is 12.1 Å². The molecule has 1 amide bonds. The first-order chi connectivity index (χ1) is 13.6. The fourth-order valence-electron chi connectivity index (χ4n) is 3.36. The van der Waals surface area contributed by atoms with Crippen LogP contribution in [0.2, 0.25) is 0 Å². The summed E-state index contributed by atoms with van der Waals surface area (Å²) in [6, 6.07) is 9.30. The van der Waals surface area contributed by atoms with Gasteiger partial charge in [-0.05, 0) is 42.8 Å². The van der Waals surface area contributed by atoms with Crippen LogP contribution in [0.15, 0.2) is 48.9 Å². The summed E-state index contributed by atoms with van der Waals surface area (Å²) in [5.41, 5.74) is 2.64. The SMILES string of the molecule is Cc1ccnc(Oc2ccc(NC(=O)[C@H]3CNC[C@@H]3c3cnn(C)c3)cc2)n1.